The molecule has 0 spiro atoms. The topological polar surface area (TPSA) is 279 Å². The highest BCUT2D eigenvalue weighted by molar-refractivity contribution is 5.94. The standard InChI is InChI=1S/C43H66N8O10/c1-8-50-33(38(56)47-18-9-11-30(45)25-36(54)46-19-17-44)24-29-22-27(14-16-35(29)53)26-13-15-34(52)28(21-26)23-32(49-40(58)61-43(5,6)7)37(55)48-31(39(50)57)12-10-20-51(41(59)60)42(2,3)4/h13-16,21-22,30-33,52-53H,8-12,17-20,23-25,44-45H2,1-7H3,(H,46,54)(H,47,56)(H,48,55)(H,49,58)(H,59,60)/t30-,31-,32-,33-/m0/s1. The zero-order valence-corrected chi connectivity index (χ0v) is 36.5. The number of nitrogens with one attached hydrogen (secondary N) is 4. The number of nitrogens with two attached hydrogens (primary N) is 2. The Balaban J connectivity index is 2.11. The molecule has 2 aromatic carbocycles. The van der Waals surface area contributed by atoms with E-state index in [9.17, 15) is 44.1 Å². The second kappa shape index (κ2) is 22.3. The van der Waals surface area contributed by atoms with E-state index in [-0.39, 0.29) is 74.7 Å². The minimum Gasteiger partial charge on any atom is -0.508 e. The molecule has 0 saturated heterocycles. The van der Waals surface area contributed by atoms with E-state index >= 15 is 0 Å². The van der Waals surface area contributed by atoms with Crippen LogP contribution in [0, 0.1) is 0 Å². The average molecular weight is 855 g/mol. The maximum Gasteiger partial charge on any atom is 0.408 e. The fourth-order valence-electron chi connectivity index (χ4n) is 7.04. The van der Waals surface area contributed by atoms with Crippen LogP contribution in [-0.2, 0) is 36.8 Å². The Hall–Kier alpha value is -5.62. The molecule has 0 aliphatic carbocycles. The number of carbonyl (C=O) groups excluding carboxylic acids is 5. The zero-order valence-electron chi connectivity index (χ0n) is 36.5. The molecule has 4 bridgehead atoms. The number of phenols is 2. The SMILES string of the molecule is CCN1C(=O)[C@H](CCCN(C(=O)O)C(C)(C)C)NC(=O)[C@@H](NC(=O)OC(C)(C)C)Cc2cc(ccc2O)-c2ccc(O)c(c2)C[C@H]1C(=O)NCCC[C@H](N)CC(=O)NCCN. The van der Waals surface area contributed by atoms with Crippen LogP contribution in [0.4, 0.5) is 9.59 Å². The molecule has 0 radical (unpaired) electrons. The van der Waals surface area contributed by atoms with Crippen molar-refractivity contribution in [3.8, 4) is 22.6 Å². The normalized spacial score (nSPS) is 17.9. The van der Waals surface area contributed by atoms with Crippen molar-refractivity contribution in [1.29, 1.82) is 0 Å². The Bertz CT molecular complexity index is 1860. The monoisotopic (exact) mass is 854 g/mol. The van der Waals surface area contributed by atoms with Crippen molar-refractivity contribution in [3.05, 3.63) is 47.5 Å². The molecular formula is C43H66N8O10. The summed E-state index contributed by atoms with van der Waals surface area (Å²) in [4.78, 5) is 83.4. The average Bonchev–Trinajstić information content (AvgIpc) is 3.16. The highest BCUT2D eigenvalue weighted by Gasteiger charge is 2.37. The van der Waals surface area contributed by atoms with Gasteiger partial charge in [-0.05, 0) is 121 Å². The van der Waals surface area contributed by atoms with Gasteiger partial charge in [-0.25, -0.2) is 9.59 Å². The fourth-order valence-corrected chi connectivity index (χ4v) is 7.04. The minimum absolute atomic E-state index is 0.00621. The van der Waals surface area contributed by atoms with E-state index in [2.05, 4.69) is 21.3 Å². The van der Waals surface area contributed by atoms with E-state index in [0.29, 0.717) is 42.6 Å². The second-order valence-corrected chi connectivity index (χ2v) is 17.3. The van der Waals surface area contributed by atoms with Gasteiger partial charge < -0.3 is 62.6 Å². The van der Waals surface area contributed by atoms with Crippen molar-refractivity contribution in [3.63, 3.8) is 0 Å². The van der Waals surface area contributed by atoms with Crippen LogP contribution in [0.25, 0.3) is 11.1 Å². The van der Waals surface area contributed by atoms with Gasteiger partial charge >= 0.3 is 12.2 Å². The lowest BCUT2D eigenvalue weighted by molar-refractivity contribution is -0.143. The van der Waals surface area contributed by atoms with Gasteiger partial charge in [-0.15, -0.1) is 0 Å². The first kappa shape index (κ1) is 49.7. The van der Waals surface area contributed by atoms with Crippen LogP contribution in [0.1, 0.15) is 91.7 Å². The molecule has 1 heterocycles. The number of phenolic OH excluding ortho intramolecular Hbond substituents is 2. The molecule has 0 aromatic heterocycles. The van der Waals surface area contributed by atoms with E-state index in [1.54, 1.807) is 72.7 Å². The lowest BCUT2D eigenvalue weighted by atomic mass is 9.95. The first-order valence-corrected chi connectivity index (χ1v) is 20.8. The van der Waals surface area contributed by atoms with Gasteiger partial charge in [0.05, 0.1) is 0 Å². The summed E-state index contributed by atoms with van der Waals surface area (Å²) in [6.07, 6.45) is -1.50. The highest BCUT2D eigenvalue weighted by Crippen LogP contribution is 2.32. The third-order valence-corrected chi connectivity index (χ3v) is 10.1. The molecule has 11 N–H and O–H groups in total. The molecule has 0 unspecified atom stereocenters. The van der Waals surface area contributed by atoms with E-state index in [0.717, 1.165) is 0 Å². The van der Waals surface area contributed by atoms with E-state index in [1.165, 1.54) is 21.9 Å². The zero-order chi connectivity index (χ0) is 45.7. The van der Waals surface area contributed by atoms with Crippen LogP contribution in [0.3, 0.4) is 0 Å². The summed E-state index contributed by atoms with van der Waals surface area (Å²) in [6, 6.07) is 5.16. The largest absolute Gasteiger partial charge is 0.508 e. The molecular weight excluding hydrogens is 789 g/mol. The van der Waals surface area contributed by atoms with Gasteiger partial charge in [-0.1, -0.05) is 12.1 Å². The van der Waals surface area contributed by atoms with Crippen molar-refractivity contribution in [2.75, 3.05) is 32.7 Å². The summed E-state index contributed by atoms with van der Waals surface area (Å²) in [6.45, 7) is 12.6. The van der Waals surface area contributed by atoms with Gasteiger partial charge in [0.2, 0.25) is 23.6 Å². The molecule has 4 atom stereocenters. The third-order valence-electron chi connectivity index (χ3n) is 10.1. The van der Waals surface area contributed by atoms with Crippen LogP contribution in [0.5, 0.6) is 11.5 Å². The quantitative estimate of drug-likeness (QED) is 0.117. The van der Waals surface area contributed by atoms with Gasteiger partial charge in [-0.2, -0.15) is 0 Å². The Morgan fingerprint density at radius 1 is 0.934 bits per heavy atom. The summed E-state index contributed by atoms with van der Waals surface area (Å²) in [5.41, 5.74) is 11.7. The van der Waals surface area contributed by atoms with Gasteiger partial charge in [0, 0.05) is 63.6 Å². The molecule has 0 saturated carbocycles. The lowest BCUT2D eigenvalue weighted by Crippen LogP contribution is -2.59. The third kappa shape index (κ3) is 15.4. The van der Waals surface area contributed by atoms with Crippen LogP contribution in [-0.4, -0.2) is 129 Å². The number of hydrogen-bond acceptors (Lipinski definition) is 11. The summed E-state index contributed by atoms with van der Waals surface area (Å²) in [7, 11) is 0. The number of likely N-dealkylation sites (N-methyl/N-ethyl adjacent to an activating group) is 1. The summed E-state index contributed by atoms with van der Waals surface area (Å²) in [5, 5.41) is 43.0. The Morgan fingerprint density at radius 3 is 2.08 bits per heavy atom. The molecule has 1 aliphatic heterocycles. The number of fused-ring (bicyclic) bond motifs is 5. The van der Waals surface area contributed by atoms with Crippen LogP contribution in [0.15, 0.2) is 36.4 Å². The Morgan fingerprint density at radius 2 is 1.54 bits per heavy atom. The Kier molecular flexibility index (Phi) is 18.2. The maximum atomic E-state index is 14.8. The summed E-state index contributed by atoms with van der Waals surface area (Å²) >= 11 is 0. The smallest absolute Gasteiger partial charge is 0.408 e. The molecule has 18 nitrogen and oxygen atoms in total. The number of nitrogens with zero attached hydrogens (tertiary/aromatic N) is 2. The van der Waals surface area contributed by atoms with Crippen molar-refractivity contribution in [2.24, 2.45) is 11.5 Å². The van der Waals surface area contributed by atoms with Crippen LogP contribution >= 0.6 is 0 Å². The molecule has 2 aromatic rings. The van der Waals surface area contributed by atoms with Gasteiger partial charge in [0.15, 0.2) is 0 Å². The first-order chi connectivity index (χ1) is 28.5. The van der Waals surface area contributed by atoms with E-state index in [4.69, 9.17) is 16.2 Å². The fraction of sp³-hybridized carbons (Fsp3) is 0.581. The summed E-state index contributed by atoms with van der Waals surface area (Å²) in [5.74, 6) is -2.53. The van der Waals surface area contributed by atoms with E-state index < -0.39 is 65.2 Å². The second-order valence-electron chi connectivity index (χ2n) is 17.3. The minimum atomic E-state index is -1.37. The number of carboxylic acid groups (broad SMARTS) is 1. The predicted octanol–water partition coefficient (Wildman–Crippen LogP) is 2.71. The van der Waals surface area contributed by atoms with Crippen molar-refractivity contribution >= 4 is 35.8 Å². The van der Waals surface area contributed by atoms with Crippen molar-refractivity contribution in [1.82, 2.24) is 31.1 Å². The lowest BCUT2D eigenvalue weighted by Gasteiger charge is -2.35. The Labute approximate surface area is 358 Å². The number of hydrogen-bond donors (Lipinski definition) is 9. The molecule has 0 fully saturated rings. The number of rotatable bonds is 15. The number of benzene rings is 2. The van der Waals surface area contributed by atoms with Gasteiger partial charge in [-0.3, -0.25) is 19.2 Å². The highest BCUT2D eigenvalue weighted by atomic mass is 16.6. The van der Waals surface area contributed by atoms with Crippen LogP contribution < -0.4 is 32.7 Å². The summed E-state index contributed by atoms with van der Waals surface area (Å²) < 4.78 is 5.47. The molecule has 3 rings (SSSR count). The number of carbonyl (C=O) groups is 6. The number of aromatic hydroxyl groups is 2. The van der Waals surface area contributed by atoms with Gasteiger partial charge in [0.1, 0.15) is 35.2 Å². The number of amides is 6. The van der Waals surface area contributed by atoms with Crippen molar-refractivity contribution in [2.45, 2.75) is 129 Å². The number of alkyl carbamates (subject to hydrolysis) is 1. The molecule has 6 amide bonds. The number of ether oxygens (including phenoxy) is 1. The predicted molar refractivity (Wildman–Crippen MR) is 229 cm³/mol. The first-order valence-electron chi connectivity index (χ1n) is 20.8. The van der Waals surface area contributed by atoms with Gasteiger partial charge in [0.25, 0.3) is 0 Å². The molecule has 1 aliphatic rings. The molecule has 18 heteroatoms. The van der Waals surface area contributed by atoms with E-state index in [1.807, 2.05) is 0 Å². The molecule has 61 heavy (non-hydrogen) atoms. The maximum absolute atomic E-state index is 14.8. The van der Waals surface area contributed by atoms with Crippen LogP contribution in [0.2, 0.25) is 0 Å². The molecule has 338 valence electrons. The van der Waals surface area contributed by atoms with Crippen molar-refractivity contribution < 1.29 is 48.8 Å².